The van der Waals surface area contributed by atoms with E-state index in [1.165, 1.54) is 21.6 Å². The second kappa shape index (κ2) is 9.90. The normalized spacial score (nSPS) is 20.1. The van der Waals surface area contributed by atoms with Gasteiger partial charge in [-0.1, -0.05) is 42.0 Å². The highest BCUT2D eigenvalue weighted by Crippen LogP contribution is 2.19. The van der Waals surface area contributed by atoms with Crippen LogP contribution in [0.25, 0.3) is 0 Å². The fourth-order valence-electron chi connectivity index (χ4n) is 4.14. The topological polar surface area (TPSA) is 38.4 Å². The van der Waals surface area contributed by atoms with Gasteiger partial charge in [0.15, 0.2) is 6.54 Å². The van der Waals surface area contributed by atoms with E-state index in [9.17, 15) is 4.79 Å². The Morgan fingerprint density at radius 3 is 2.38 bits per heavy atom. The minimum atomic E-state index is 0.101. The molecule has 1 amide bonds. The van der Waals surface area contributed by atoms with Gasteiger partial charge in [-0.3, -0.25) is 4.79 Å². The molecule has 0 unspecified atom stereocenters. The summed E-state index contributed by atoms with van der Waals surface area (Å²) >= 11 is 0. The molecule has 2 aromatic rings. The third-order valence-corrected chi connectivity index (χ3v) is 6.20. The standard InChI is InChI=1S/C24H33N3O2/c1-19-10-11-23(29-4)22(16-19)17-26-12-14-27(15-13-26)18-24(28)25(3)20(2)21-8-6-5-7-9-21/h5-11,16,20H,12-15,17-18H2,1-4H3/p+2/t20-/m1/s1. The van der Waals surface area contributed by atoms with Crippen LogP contribution in [0.15, 0.2) is 48.5 Å². The molecule has 1 atom stereocenters. The number of carbonyl (C=O) groups excluding carboxylic acids is 1. The molecular formula is C24H35N3O2+2. The molecule has 1 heterocycles. The summed E-state index contributed by atoms with van der Waals surface area (Å²) < 4.78 is 5.53. The van der Waals surface area contributed by atoms with Crippen molar-refractivity contribution in [3.63, 3.8) is 0 Å². The van der Waals surface area contributed by atoms with Crippen LogP contribution in [0.3, 0.4) is 0 Å². The van der Waals surface area contributed by atoms with Crippen LogP contribution < -0.4 is 14.5 Å². The number of carbonyl (C=O) groups is 1. The van der Waals surface area contributed by atoms with Crippen molar-refractivity contribution >= 4 is 5.91 Å². The first kappa shape index (κ1) is 21.3. The Morgan fingerprint density at radius 2 is 1.72 bits per heavy atom. The van der Waals surface area contributed by atoms with Gasteiger partial charge in [0, 0.05) is 12.6 Å². The van der Waals surface area contributed by atoms with Gasteiger partial charge in [-0.05, 0) is 31.5 Å². The number of hydrogen-bond donors (Lipinski definition) is 2. The molecule has 2 N–H and O–H groups in total. The number of amides is 1. The Balaban J connectivity index is 1.49. The van der Waals surface area contributed by atoms with Crippen LogP contribution in [0.1, 0.15) is 29.7 Å². The number of nitrogens with one attached hydrogen (secondary N) is 2. The van der Waals surface area contributed by atoms with Crippen molar-refractivity contribution in [1.82, 2.24) is 4.90 Å². The maximum absolute atomic E-state index is 12.8. The fourth-order valence-corrected chi connectivity index (χ4v) is 4.14. The van der Waals surface area contributed by atoms with Crippen molar-refractivity contribution in [1.29, 1.82) is 0 Å². The lowest BCUT2D eigenvalue weighted by Gasteiger charge is -2.32. The Bertz CT molecular complexity index is 801. The summed E-state index contributed by atoms with van der Waals surface area (Å²) in [5.74, 6) is 1.20. The molecule has 3 rings (SSSR count). The first-order valence-electron chi connectivity index (χ1n) is 10.6. The molecule has 1 fully saturated rings. The number of likely N-dealkylation sites (N-methyl/N-ethyl adjacent to an activating group) is 1. The molecule has 0 spiro atoms. The van der Waals surface area contributed by atoms with Crippen molar-refractivity contribution in [3.8, 4) is 5.75 Å². The van der Waals surface area contributed by atoms with Gasteiger partial charge >= 0.3 is 0 Å². The quantitative estimate of drug-likeness (QED) is 0.715. The van der Waals surface area contributed by atoms with Crippen LogP contribution in [0.2, 0.25) is 0 Å². The van der Waals surface area contributed by atoms with Crippen LogP contribution in [0.5, 0.6) is 5.75 Å². The summed E-state index contributed by atoms with van der Waals surface area (Å²) in [5, 5.41) is 0. The number of quaternary nitrogens is 2. The largest absolute Gasteiger partial charge is 0.496 e. The highest BCUT2D eigenvalue weighted by molar-refractivity contribution is 5.77. The van der Waals surface area contributed by atoms with E-state index in [-0.39, 0.29) is 11.9 Å². The van der Waals surface area contributed by atoms with Crippen molar-refractivity contribution in [2.24, 2.45) is 0 Å². The van der Waals surface area contributed by atoms with Crippen LogP contribution in [-0.4, -0.2) is 57.7 Å². The molecule has 2 aromatic carbocycles. The van der Waals surface area contributed by atoms with Crippen molar-refractivity contribution < 1.29 is 19.3 Å². The maximum Gasteiger partial charge on any atom is 0.278 e. The summed E-state index contributed by atoms with van der Waals surface area (Å²) in [6, 6.07) is 16.7. The predicted molar refractivity (Wildman–Crippen MR) is 115 cm³/mol. The first-order valence-corrected chi connectivity index (χ1v) is 10.6. The lowest BCUT2D eigenvalue weighted by molar-refractivity contribution is -1.02. The number of methoxy groups -OCH3 is 1. The summed E-state index contributed by atoms with van der Waals surface area (Å²) in [4.78, 5) is 17.6. The summed E-state index contributed by atoms with van der Waals surface area (Å²) in [5.41, 5.74) is 3.73. The highest BCUT2D eigenvalue weighted by Gasteiger charge is 2.28. The third-order valence-electron chi connectivity index (χ3n) is 6.20. The number of ether oxygens (including phenoxy) is 1. The zero-order valence-electron chi connectivity index (χ0n) is 18.2. The highest BCUT2D eigenvalue weighted by atomic mass is 16.5. The molecule has 0 aromatic heterocycles. The van der Waals surface area contributed by atoms with E-state index in [0.29, 0.717) is 6.54 Å². The molecular weight excluding hydrogens is 362 g/mol. The lowest BCUT2D eigenvalue weighted by Crippen LogP contribution is -3.28. The van der Waals surface area contributed by atoms with Gasteiger partial charge < -0.3 is 19.4 Å². The summed E-state index contributed by atoms with van der Waals surface area (Å²) in [6.07, 6.45) is 0. The molecule has 0 radical (unpaired) electrons. The maximum atomic E-state index is 12.8. The van der Waals surface area contributed by atoms with E-state index in [1.54, 1.807) is 12.0 Å². The van der Waals surface area contributed by atoms with Crippen LogP contribution in [0.4, 0.5) is 0 Å². The zero-order valence-corrected chi connectivity index (χ0v) is 18.2. The van der Waals surface area contributed by atoms with E-state index < -0.39 is 0 Å². The molecule has 0 bridgehead atoms. The lowest BCUT2D eigenvalue weighted by atomic mass is 10.1. The van der Waals surface area contributed by atoms with Crippen molar-refractivity contribution in [2.45, 2.75) is 26.4 Å². The van der Waals surface area contributed by atoms with Crippen LogP contribution in [0, 0.1) is 6.92 Å². The first-order chi connectivity index (χ1) is 14.0. The Morgan fingerprint density at radius 1 is 1.07 bits per heavy atom. The van der Waals surface area contributed by atoms with Gasteiger partial charge in [0.25, 0.3) is 5.91 Å². The smallest absolute Gasteiger partial charge is 0.278 e. The Hall–Kier alpha value is -2.37. The molecule has 1 aliphatic rings. The average molecular weight is 398 g/mol. The van der Waals surface area contributed by atoms with Gasteiger partial charge in [0.1, 0.15) is 38.5 Å². The number of hydrogen-bond acceptors (Lipinski definition) is 2. The third kappa shape index (κ3) is 5.58. The Labute approximate surface area is 174 Å². The number of rotatable bonds is 7. The van der Waals surface area contributed by atoms with Gasteiger partial charge in [-0.2, -0.15) is 0 Å². The van der Waals surface area contributed by atoms with Crippen LogP contribution >= 0.6 is 0 Å². The van der Waals surface area contributed by atoms with Crippen LogP contribution in [-0.2, 0) is 11.3 Å². The second-order valence-corrected chi connectivity index (χ2v) is 8.26. The molecule has 0 aliphatic carbocycles. The molecule has 29 heavy (non-hydrogen) atoms. The van der Waals surface area contributed by atoms with E-state index in [1.807, 2.05) is 30.1 Å². The minimum absolute atomic E-state index is 0.101. The summed E-state index contributed by atoms with van der Waals surface area (Å²) in [6.45, 7) is 10.0. The fraction of sp³-hybridized carbons (Fsp3) is 0.458. The molecule has 0 saturated carbocycles. The van der Waals surface area contributed by atoms with E-state index >= 15 is 0 Å². The van der Waals surface area contributed by atoms with Gasteiger partial charge in [-0.15, -0.1) is 0 Å². The number of piperazine rings is 1. The van der Waals surface area contributed by atoms with Gasteiger partial charge in [0.2, 0.25) is 0 Å². The molecule has 156 valence electrons. The van der Waals surface area contributed by atoms with Gasteiger partial charge in [0.05, 0.1) is 13.2 Å². The predicted octanol–water partition coefficient (Wildman–Crippen LogP) is 0.507. The molecule has 5 heteroatoms. The molecule has 1 saturated heterocycles. The minimum Gasteiger partial charge on any atom is -0.496 e. The van der Waals surface area contributed by atoms with Crippen molar-refractivity contribution in [2.75, 3.05) is 46.9 Å². The molecule has 5 nitrogen and oxygen atoms in total. The van der Waals surface area contributed by atoms with E-state index in [0.717, 1.165) is 38.5 Å². The summed E-state index contributed by atoms with van der Waals surface area (Å²) in [7, 11) is 3.66. The zero-order chi connectivity index (χ0) is 20.8. The van der Waals surface area contributed by atoms with Gasteiger partial charge in [-0.25, -0.2) is 0 Å². The monoisotopic (exact) mass is 397 g/mol. The molecule has 1 aliphatic heterocycles. The average Bonchev–Trinajstić information content (AvgIpc) is 2.75. The van der Waals surface area contributed by atoms with E-state index in [4.69, 9.17) is 4.74 Å². The van der Waals surface area contributed by atoms with Crippen molar-refractivity contribution in [3.05, 3.63) is 65.2 Å². The Kier molecular flexibility index (Phi) is 7.29. The number of aryl methyl sites for hydroxylation is 1. The van der Waals surface area contributed by atoms with E-state index in [2.05, 4.69) is 44.2 Å². The second-order valence-electron chi connectivity index (χ2n) is 8.26. The number of benzene rings is 2. The SMILES string of the molecule is COc1ccc(C)cc1C[NH+]1CC[NH+](CC(=O)N(C)[C@H](C)c2ccccc2)CC1. The number of nitrogens with zero attached hydrogens (tertiary/aromatic N) is 1.